The normalized spacial score (nSPS) is 21.0. The zero-order valence-corrected chi connectivity index (χ0v) is 19.4. The van der Waals surface area contributed by atoms with Gasteiger partial charge in [0.2, 0.25) is 0 Å². The van der Waals surface area contributed by atoms with Gasteiger partial charge >= 0.3 is 0 Å². The molecule has 2 atom stereocenters. The van der Waals surface area contributed by atoms with Crippen LogP contribution in [0.3, 0.4) is 0 Å². The van der Waals surface area contributed by atoms with E-state index < -0.39 is 0 Å². The van der Waals surface area contributed by atoms with Gasteiger partial charge in [0, 0.05) is 66.8 Å². The Hall–Kier alpha value is -3.52. The lowest BCUT2D eigenvalue weighted by molar-refractivity contribution is 0.0608. The standard InChI is InChI=1S/C26H29N7O/c1-17-15-33-24(29-25(17)31-12-9-19(27)16-31)13-22(30-33)23-7-2-3-11-32(23)26(34)20-6-4-5-18-8-10-28-14-21(18)20/h4-6,8,10,13-15,19,23H,2-3,7,9,11-12,16,27H2,1H3/t19-,23-/m0/s1. The first kappa shape index (κ1) is 21.0. The van der Waals surface area contributed by atoms with E-state index in [0.29, 0.717) is 5.56 Å². The van der Waals surface area contributed by atoms with Crippen molar-refractivity contribution < 1.29 is 4.79 Å². The van der Waals surface area contributed by atoms with Crippen molar-refractivity contribution in [3.63, 3.8) is 0 Å². The molecule has 5 heterocycles. The molecule has 2 aliphatic heterocycles. The van der Waals surface area contributed by atoms with E-state index in [2.05, 4.69) is 16.8 Å². The van der Waals surface area contributed by atoms with E-state index in [1.807, 2.05) is 45.9 Å². The fraction of sp³-hybridized carbons (Fsp3) is 0.385. The van der Waals surface area contributed by atoms with E-state index in [-0.39, 0.29) is 18.0 Å². The van der Waals surface area contributed by atoms with Crippen LogP contribution in [0.2, 0.25) is 0 Å². The molecule has 2 aliphatic rings. The number of nitrogens with zero attached hydrogens (tertiary/aromatic N) is 6. The van der Waals surface area contributed by atoms with E-state index in [0.717, 1.165) is 78.8 Å². The van der Waals surface area contributed by atoms with Crippen molar-refractivity contribution >= 4 is 28.1 Å². The van der Waals surface area contributed by atoms with Gasteiger partial charge in [-0.15, -0.1) is 0 Å². The second-order valence-corrected chi connectivity index (χ2v) is 9.53. The molecule has 2 N–H and O–H groups in total. The highest BCUT2D eigenvalue weighted by atomic mass is 16.2. The molecule has 0 aliphatic carbocycles. The third-order valence-corrected chi connectivity index (χ3v) is 7.17. The van der Waals surface area contributed by atoms with Gasteiger partial charge in [0.15, 0.2) is 5.65 Å². The van der Waals surface area contributed by atoms with Gasteiger partial charge < -0.3 is 15.5 Å². The minimum Gasteiger partial charge on any atom is -0.355 e. The maximum Gasteiger partial charge on any atom is 0.255 e. The molecule has 1 aromatic carbocycles. The lowest BCUT2D eigenvalue weighted by Crippen LogP contribution is -2.38. The number of aryl methyl sites for hydroxylation is 1. The van der Waals surface area contributed by atoms with E-state index in [1.165, 1.54) is 0 Å². The Kier molecular flexibility index (Phi) is 5.17. The van der Waals surface area contributed by atoms with Crippen LogP contribution >= 0.6 is 0 Å². The van der Waals surface area contributed by atoms with Crippen LogP contribution in [-0.4, -0.2) is 56.1 Å². The third-order valence-electron chi connectivity index (χ3n) is 7.17. The van der Waals surface area contributed by atoms with Gasteiger partial charge in [-0.2, -0.15) is 5.10 Å². The number of hydrogen-bond acceptors (Lipinski definition) is 6. The molecular weight excluding hydrogens is 426 g/mol. The SMILES string of the molecule is Cc1cn2nc([C@@H]3CCCCN3C(=O)c3cccc4ccncc34)cc2nc1N1CC[C@H](N)C1. The van der Waals surface area contributed by atoms with Crippen molar-refractivity contribution in [3.8, 4) is 0 Å². The first-order valence-corrected chi connectivity index (χ1v) is 12.1. The van der Waals surface area contributed by atoms with Crippen LogP contribution in [0.1, 0.15) is 53.3 Å². The number of rotatable bonds is 3. The third kappa shape index (κ3) is 3.58. The molecule has 2 fully saturated rings. The molecule has 8 nitrogen and oxygen atoms in total. The number of piperidine rings is 1. The number of carbonyl (C=O) groups excluding carboxylic acids is 1. The second-order valence-electron chi connectivity index (χ2n) is 9.53. The Balaban J connectivity index is 1.35. The lowest BCUT2D eigenvalue weighted by Gasteiger charge is -2.35. The number of benzene rings is 1. The maximum atomic E-state index is 13.8. The number of fused-ring (bicyclic) bond motifs is 2. The number of anilines is 1. The summed E-state index contributed by atoms with van der Waals surface area (Å²) in [6.45, 7) is 4.54. The van der Waals surface area contributed by atoms with Crippen LogP contribution in [0, 0.1) is 6.92 Å². The lowest BCUT2D eigenvalue weighted by atomic mass is 9.97. The van der Waals surface area contributed by atoms with Gasteiger partial charge in [0.25, 0.3) is 5.91 Å². The van der Waals surface area contributed by atoms with Crippen LogP contribution in [-0.2, 0) is 0 Å². The van der Waals surface area contributed by atoms with Crippen molar-refractivity contribution in [1.29, 1.82) is 0 Å². The predicted octanol–water partition coefficient (Wildman–Crippen LogP) is 3.49. The summed E-state index contributed by atoms with van der Waals surface area (Å²) in [6, 6.07) is 9.98. The van der Waals surface area contributed by atoms with Crippen LogP contribution in [0.5, 0.6) is 0 Å². The zero-order chi connectivity index (χ0) is 23.2. The molecule has 174 valence electrons. The predicted molar refractivity (Wildman–Crippen MR) is 132 cm³/mol. The molecule has 0 spiro atoms. The van der Waals surface area contributed by atoms with E-state index in [4.69, 9.17) is 15.8 Å². The van der Waals surface area contributed by atoms with Crippen LogP contribution < -0.4 is 10.6 Å². The Morgan fingerprint density at radius 2 is 2.06 bits per heavy atom. The number of aromatic nitrogens is 4. The van der Waals surface area contributed by atoms with Crippen LogP contribution in [0.15, 0.2) is 48.9 Å². The van der Waals surface area contributed by atoms with Gasteiger partial charge in [-0.3, -0.25) is 9.78 Å². The highest BCUT2D eigenvalue weighted by Gasteiger charge is 2.32. The molecule has 8 heteroatoms. The number of likely N-dealkylation sites (tertiary alicyclic amines) is 1. The number of pyridine rings is 1. The molecule has 0 bridgehead atoms. The number of hydrogen-bond donors (Lipinski definition) is 1. The Morgan fingerprint density at radius 1 is 1.15 bits per heavy atom. The molecule has 34 heavy (non-hydrogen) atoms. The van der Waals surface area contributed by atoms with Crippen LogP contribution in [0.25, 0.3) is 16.4 Å². The summed E-state index contributed by atoms with van der Waals surface area (Å²) < 4.78 is 1.85. The summed E-state index contributed by atoms with van der Waals surface area (Å²) in [5.41, 5.74) is 9.61. The highest BCUT2D eigenvalue weighted by Crippen LogP contribution is 2.33. The molecular formula is C26H29N7O. The van der Waals surface area contributed by atoms with Gasteiger partial charge in [0.05, 0.1) is 11.7 Å². The minimum atomic E-state index is -0.0705. The molecule has 6 rings (SSSR count). The molecule has 1 amide bonds. The second kappa shape index (κ2) is 8.36. The molecule has 0 unspecified atom stereocenters. The average Bonchev–Trinajstić information content (AvgIpc) is 3.48. The summed E-state index contributed by atoms with van der Waals surface area (Å²) in [6.07, 6.45) is 9.53. The van der Waals surface area contributed by atoms with E-state index >= 15 is 0 Å². The highest BCUT2D eigenvalue weighted by molar-refractivity contribution is 6.06. The first-order valence-electron chi connectivity index (χ1n) is 12.1. The Labute approximate surface area is 198 Å². The fourth-order valence-electron chi connectivity index (χ4n) is 5.42. The molecule has 0 radical (unpaired) electrons. The van der Waals surface area contributed by atoms with Gasteiger partial charge in [-0.25, -0.2) is 9.50 Å². The van der Waals surface area contributed by atoms with Crippen molar-refractivity contribution in [2.45, 2.75) is 44.7 Å². The zero-order valence-electron chi connectivity index (χ0n) is 19.4. The van der Waals surface area contributed by atoms with E-state index in [1.54, 1.807) is 12.4 Å². The quantitative estimate of drug-likeness (QED) is 0.508. The summed E-state index contributed by atoms with van der Waals surface area (Å²) in [7, 11) is 0. The van der Waals surface area contributed by atoms with Crippen molar-refractivity contribution in [2.24, 2.45) is 5.73 Å². The molecule has 2 saturated heterocycles. The number of carbonyl (C=O) groups is 1. The van der Waals surface area contributed by atoms with Crippen LogP contribution in [0.4, 0.5) is 5.82 Å². The first-order chi connectivity index (χ1) is 16.6. The average molecular weight is 456 g/mol. The van der Waals surface area contributed by atoms with Gasteiger partial charge in [-0.1, -0.05) is 12.1 Å². The number of amides is 1. The van der Waals surface area contributed by atoms with Crippen molar-refractivity contribution in [3.05, 3.63) is 65.7 Å². The van der Waals surface area contributed by atoms with Crippen molar-refractivity contribution in [2.75, 3.05) is 24.5 Å². The summed E-state index contributed by atoms with van der Waals surface area (Å²) in [5, 5.41) is 6.79. The van der Waals surface area contributed by atoms with Crippen molar-refractivity contribution in [1.82, 2.24) is 24.5 Å². The Morgan fingerprint density at radius 3 is 2.91 bits per heavy atom. The van der Waals surface area contributed by atoms with Gasteiger partial charge in [-0.05, 0) is 50.1 Å². The molecule has 0 saturated carbocycles. The maximum absolute atomic E-state index is 13.8. The monoisotopic (exact) mass is 455 g/mol. The number of nitrogens with two attached hydrogens (primary N) is 1. The summed E-state index contributed by atoms with van der Waals surface area (Å²) >= 11 is 0. The molecule has 3 aromatic heterocycles. The summed E-state index contributed by atoms with van der Waals surface area (Å²) in [4.78, 5) is 27.2. The summed E-state index contributed by atoms with van der Waals surface area (Å²) in [5.74, 6) is 1.02. The fourth-order valence-corrected chi connectivity index (χ4v) is 5.42. The topological polar surface area (TPSA) is 92.6 Å². The van der Waals surface area contributed by atoms with E-state index in [9.17, 15) is 4.79 Å². The van der Waals surface area contributed by atoms with Gasteiger partial charge in [0.1, 0.15) is 5.82 Å². The smallest absolute Gasteiger partial charge is 0.255 e. The largest absolute Gasteiger partial charge is 0.355 e. The minimum absolute atomic E-state index is 0.0382. The Bertz CT molecular complexity index is 1380. The molecule has 4 aromatic rings.